The van der Waals surface area contributed by atoms with Crippen molar-refractivity contribution in [3.8, 4) is 0 Å². The molecule has 0 bridgehead atoms. The zero-order chi connectivity index (χ0) is 17.2. The van der Waals surface area contributed by atoms with Gasteiger partial charge in [0.25, 0.3) is 0 Å². The Labute approximate surface area is 140 Å². The largest absolute Gasteiger partial charge is 0.267 e. The predicted molar refractivity (Wildman–Crippen MR) is 97.3 cm³/mol. The maximum absolute atomic E-state index is 13.0. The maximum Gasteiger partial charge on any atom is 0.239 e. The van der Waals surface area contributed by atoms with Gasteiger partial charge in [-0.25, -0.2) is 8.42 Å². The molecule has 23 heavy (non-hydrogen) atoms. The van der Waals surface area contributed by atoms with E-state index in [1.54, 1.807) is 4.31 Å². The second kappa shape index (κ2) is 6.75. The van der Waals surface area contributed by atoms with Gasteiger partial charge in [0.15, 0.2) is 0 Å². The molecule has 0 amide bonds. The number of hydrogen-bond acceptors (Lipinski definition) is 2. The molecule has 0 aliphatic rings. The van der Waals surface area contributed by atoms with Crippen LogP contribution in [-0.4, -0.2) is 14.5 Å². The van der Waals surface area contributed by atoms with Crippen LogP contribution in [0.15, 0.2) is 42.5 Å². The molecule has 0 heterocycles. The van der Waals surface area contributed by atoms with Crippen LogP contribution in [0.2, 0.25) is 0 Å². The van der Waals surface area contributed by atoms with E-state index in [0.29, 0.717) is 0 Å². The van der Waals surface area contributed by atoms with Crippen molar-refractivity contribution in [2.75, 3.05) is 4.31 Å². The molecular weight excluding hydrogens is 306 g/mol. The number of rotatable bonds is 5. The minimum Gasteiger partial charge on any atom is -0.267 e. The Morgan fingerprint density at radius 1 is 0.957 bits per heavy atom. The molecule has 0 aliphatic heterocycles. The Morgan fingerprint density at radius 2 is 1.61 bits per heavy atom. The van der Waals surface area contributed by atoms with E-state index in [-0.39, 0.29) is 11.8 Å². The van der Waals surface area contributed by atoms with Crippen molar-refractivity contribution in [1.29, 1.82) is 0 Å². The zero-order valence-corrected chi connectivity index (χ0v) is 15.3. The number of sulfonamides is 1. The summed E-state index contributed by atoms with van der Waals surface area (Å²) in [6.45, 7) is 9.73. The van der Waals surface area contributed by atoms with Crippen molar-refractivity contribution in [3.05, 3.63) is 64.7 Å². The highest BCUT2D eigenvalue weighted by Gasteiger charge is 2.27. The van der Waals surface area contributed by atoms with Crippen LogP contribution in [0.3, 0.4) is 0 Å². The van der Waals surface area contributed by atoms with E-state index < -0.39 is 10.0 Å². The number of benzene rings is 2. The molecule has 0 N–H and O–H groups in total. The minimum absolute atomic E-state index is 0.0141. The van der Waals surface area contributed by atoms with Gasteiger partial charge in [0.2, 0.25) is 10.0 Å². The third-order valence-electron chi connectivity index (χ3n) is 3.80. The molecule has 0 aromatic heterocycles. The highest BCUT2D eigenvalue weighted by Crippen LogP contribution is 2.28. The van der Waals surface area contributed by atoms with Crippen LogP contribution in [0.25, 0.3) is 0 Å². The first kappa shape index (κ1) is 17.5. The van der Waals surface area contributed by atoms with Gasteiger partial charge < -0.3 is 0 Å². The topological polar surface area (TPSA) is 37.4 Å². The lowest BCUT2D eigenvalue weighted by molar-refractivity contribution is 0.583. The van der Waals surface area contributed by atoms with E-state index >= 15 is 0 Å². The monoisotopic (exact) mass is 331 g/mol. The Bertz CT molecular complexity index is 795. The predicted octanol–water partition coefficient (Wildman–Crippen LogP) is 4.36. The SMILES string of the molecule is Cc1cccc(CS(=O)(=O)N(c2cc(C)ccc2C)C(C)C)c1. The second-order valence-electron chi connectivity index (χ2n) is 6.42. The number of anilines is 1. The van der Waals surface area contributed by atoms with Crippen LogP contribution in [-0.2, 0) is 15.8 Å². The summed E-state index contributed by atoms with van der Waals surface area (Å²) in [7, 11) is -3.45. The minimum atomic E-state index is -3.45. The summed E-state index contributed by atoms with van der Waals surface area (Å²) < 4.78 is 27.6. The van der Waals surface area contributed by atoms with Crippen LogP contribution in [0, 0.1) is 20.8 Å². The van der Waals surface area contributed by atoms with Gasteiger partial charge in [-0.1, -0.05) is 42.0 Å². The molecule has 0 spiro atoms. The lowest BCUT2D eigenvalue weighted by atomic mass is 10.1. The lowest BCUT2D eigenvalue weighted by Gasteiger charge is -2.30. The Morgan fingerprint density at radius 3 is 2.22 bits per heavy atom. The normalized spacial score (nSPS) is 11.7. The lowest BCUT2D eigenvalue weighted by Crippen LogP contribution is -2.38. The van der Waals surface area contributed by atoms with E-state index in [9.17, 15) is 8.42 Å². The summed E-state index contributed by atoms with van der Waals surface area (Å²) >= 11 is 0. The second-order valence-corrected chi connectivity index (χ2v) is 8.27. The van der Waals surface area contributed by atoms with Crippen LogP contribution in [0.1, 0.15) is 36.1 Å². The number of aryl methyl sites for hydroxylation is 3. The molecule has 3 nitrogen and oxygen atoms in total. The van der Waals surface area contributed by atoms with Crippen LogP contribution in [0.5, 0.6) is 0 Å². The molecule has 0 saturated heterocycles. The highest BCUT2D eigenvalue weighted by atomic mass is 32.2. The highest BCUT2D eigenvalue weighted by molar-refractivity contribution is 7.92. The van der Waals surface area contributed by atoms with E-state index in [2.05, 4.69) is 0 Å². The Kier molecular flexibility index (Phi) is 5.15. The van der Waals surface area contributed by atoms with Crippen molar-refractivity contribution < 1.29 is 8.42 Å². The molecule has 0 atom stereocenters. The van der Waals surface area contributed by atoms with Crippen molar-refractivity contribution in [1.82, 2.24) is 0 Å². The van der Waals surface area contributed by atoms with Gasteiger partial charge in [-0.05, 0) is 57.4 Å². The van der Waals surface area contributed by atoms with Gasteiger partial charge in [-0.15, -0.1) is 0 Å². The molecule has 124 valence electrons. The molecule has 2 aromatic rings. The summed E-state index contributed by atoms with van der Waals surface area (Å²) in [5.41, 5.74) is 4.69. The third kappa shape index (κ3) is 4.14. The van der Waals surface area contributed by atoms with Gasteiger partial charge >= 0.3 is 0 Å². The quantitative estimate of drug-likeness (QED) is 0.816. The average Bonchev–Trinajstić information content (AvgIpc) is 2.41. The summed E-state index contributed by atoms with van der Waals surface area (Å²) in [5.74, 6) is 0.0141. The van der Waals surface area contributed by atoms with Crippen LogP contribution < -0.4 is 4.31 Å². The van der Waals surface area contributed by atoms with E-state index in [1.807, 2.05) is 77.1 Å². The van der Waals surface area contributed by atoms with Crippen molar-refractivity contribution in [2.45, 2.75) is 46.4 Å². The molecular formula is C19H25NO2S. The number of hydrogen-bond donors (Lipinski definition) is 0. The van der Waals surface area contributed by atoms with Gasteiger partial charge in [-0.2, -0.15) is 0 Å². The Hall–Kier alpha value is -1.81. The first-order chi connectivity index (χ1) is 10.7. The van der Waals surface area contributed by atoms with Gasteiger partial charge in [0.1, 0.15) is 0 Å². The van der Waals surface area contributed by atoms with Gasteiger partial charge in [0, 0.05) is 6.04 Å². The molecule has 2 aromatic carbocycles. The molecule has 0 aliphatic carbocycles. The fourth-order valence-electron chi connectivity index (χ4n) is 2.79. The van der Waals surface area contributed by atoms with Crippen LogP contribution >= 0.6 is 0 Å². The third-order valence-corrected chi connectivity index (χ3v) is 5.72. The summed E-state index contributed by atoms with van der Waals surface area (Å²) in [5, 5.41) is 0. The van der Waals surface area contributed by atoms with E-state index in [1.165, 1.54) is 0 Å². The molecule has 0 unspecified atom stereocenters. The standard InChI is InChI=1S/C19H25NO2S/c1-14(2)20(19-12-16(4)9-10-17(19)5)23(21,22)13-18-8-6-7-15(3)11-18/h6-12,14H,13H2,1-5H3. The smallest absolute Gasteiger partial charge is 0.239 e. The average molecular weight is 331 g/mol. The fraction of sp³-hybridized carbons (Fsp3) is 0.368. The van der Waals surface area contributed by atoms with Crippen molar-refractivity contribution in [3.63, 3.8) is 0 Å². The fourth-order valence-corrected chi connectivity index (χ4v) is 4.67. The molecule has 4 heteroatoms. The molecule has 0 radical (unpaired) electrons. The van der Waals surface area contributed by atoms with Gasteiger partial charge in [0.05, 0.1) is 11.4 Å². The summed E-state index contributed by atoms with van der Waals surface area (Å²) in [6.07, 6.45) is 0. The molecule has 0 fully saturated rings. The summed E-state index contributed by atoms with van der Waals surface area (Å²) in [4.78, 5) is 0. The van der Waals surface area contributed by atoms with E-state index in [4.69, 9.17) is 0 Å². The zero-order valence-electron chi connectivity index (χ0n) is 14.5. The summed E-state index contributed by atoms with van der Waals surface area (Å²) in [6, 6.07) is 13.5. The van der Waals surface area contributed by atoms with E-state index in [0.717, 1.165) is 27.9 Å². The molecule has 2 rings (SSSR count). The van der Waals surface area contributed by atoms with Crippen molar-refractivity contribution >= 4 is 15.7 Å². The van der Waals surface area contributed by atoms with Gasteiger partial charge in [-0.3, -0.25) is 4.31 Å². The Balaban J connectivity index is 2.46. The number of nitrogens with zero attached hydrogens (tertiary/aromatic N) is 1. The first-order valence-electron chi connectivity index (χ1n) is 7.85. The maximum atomic E-state index is 13.0. The van der Waals surface area contributed by atoms with Crippen LogP contribution in [0.4, 0.5) is 5.69 Å². The molecule has 0 saturated carbocycles. The van der Waals surface area contributed by atoms with Crippen molar-refractivity contribution in [2.24, 2.45) is 0 Å². The first-order valence-corrected chi connectivity index (χ1v) is 9.46.